The number of sulfone groups is 1. The van der Waals surface area contributed by atoms with E-state index in [1.807, 2.05) is 0 Å². The van der Waals surface area contributed by atoms with Gasteiger partial charge in [0.05, 0.1) is 22.1 Å². The van der Waals surface area contributed by atoms with Crippen LogP contribution in [0.1, 0.15) is 23.6 Å². The van der Waals surface area contributed by atoms with Crippen LogP contribution in [0.5, 0.6) is 0 Å². The number of ether oxygens (including phenoxy) is 1. The lowest BCUT2D eigenvalue weighted by atomic mass is 10.1. The Morgan fingerprint density at radius 3 is 2.32 bits per heavy atom. The summed E-state index contributed by atoms with van der Waals surface area (Å²) in [4.78, 5) is 11.9. The minimum atomic E-state index is -4.50. The standard InChI is InChI=1S/C21H20F3NO4S2/c1-13-18(10-11-29-14(2)26)19-9-4-15(21(22,23)24)12-25(19)20(13)30-16-5-7-17(8-6-16)31(3,27)28/h4-9,12H,10-11H2,1-3H3. The molecule has 1 aromatic carbocycles. The fourth-order valence-electron chi connectivity index (χ4n) is 3.19. The molecule has 0 spiro atoms. The number of esters is 1. The number of hydrogen-bond donors (Lipinski definition) is 0. The molecule has 10 heteroatoms. The Kier molecular flexibility index (Phi) is 6.43. The molecule has 5 nitrogen and oxygen atoms in total. The van der Waals surface area contributed by atoms with Crippen LogP contribution in [0.3, 0.4) is 0 Å². The third kappa shape index (κ3) is 5.24. The van der Waals surface area contributed by atoms with Crippen molar-refractivity contribution in [2.75, 3.05) is 12.9 Å². The number of aromatic nitrogens is 1. The first kappa shape index (κ1) is 23.2. The van der Waals surface area contributed by atoms with Crippen molar-refractivity contribution in [3.8, 4) is 0 Å². The van der Waals surface area contributed by atoms with Crippen molar-refractivity contribution in [1.82, 2.24) is 4.40 Å². The summed E-state index contributed by atoms with van der Waals surface area (Å²) >= 11 is 1.24. The van der Waals surface area contributed by atoms with E-state index in [0.29, 0.717) is 21.9 Å². The number of carbonyl (C=O) groups is 1. The summed E-state index contributed by atoms with van der Waals surface area (Å²) < 4.78 is 69.7. The SMILES string of the molecule is CC(=O)OCCc1c(C)c(Sc2ccc(S(C)(=O)=O)cc2)n2cc(C(F)(F)F)ccc12. The summed E-state index contributed by atoms with van der Waals surface area (Å²) in [5.74, 6) is -0.430. The Labute approximate surface area is 182 Å². The second-order valence-corrected chi connectivity index (χ2v) is 10.1. The zero-order valence-electron chi connectivity index (χ0n) is 17.0. The lowest BCUT2D eigenvalue weighted by Crippen LogP contribution is -2.06. The molecule has 0 fully saturated rings. The fraction of sp³-hybridized carbons (Fsp3) is 0.286. The van der Waals surface area contributed by atoms with Gasteiger partial charge in [0, 0.05) is 36.2 Å². The van der Waals surface area contributed by atoms with Gasteiger partial charge in [-0.2, -0.15) is 13.2 Å². The number of nitrogens with zero attached hydrogens (tertiary/aromatic N) is 1. The largest absolute Gasteiger partial charge is 0.466 e. The van der Waals surface area contributed by atoms with Gasteiger partial charge >= 0.3 is 12.1 Å². The second-order valence-electron chi connectivity index (χ2n) is 7.02. The molecule has 2 aromatic heterocycles. The van der Waals surface area contributed by atoms with E-state index in [9.17, 15) is 26.4 Å². The van der Waals surface area contributed by atoms with E-state index in [0.717, 1.165) is 29.6 Å². The van der Waals surface area contributed by atoms with Crippen molar-refractivity contribution >= 4 is 33.1 Å². The van der Waals surface area contributed by atoms with Gasteiger partial charge in [0.2, 0.25) is 0 Å². The Morgan fingerprint density at radius 2 is 1.77 bits per heavy atom. The van der Waals surface area contributed by atoms with Gasteiger partial charge in [0.1, 0.15) is 0 Å². The summed E-state index contributed by atoms with van der Waals surface area (Å²) in [7, 11) is -3.35. The van der Waals surface area contributed by atoms with Gasteiger partial charge in [0.25, 0.3) is 0 Å². The van der Waals surface area contributed by atoms with Crippen LogP contribution in [-0.4, -0.2) is 31.7 Å². The lowest BCUT2D eigenvalue weighted by Gasteiger charge is -2.10. The van der Waals surface area contributed by atoms with Crippen molar-refractivity contribution in [2.24, 2.45) is 0 Å². The van der Waals surface area contributed by atoms with Gasteiger partial charge in [-0.1, -0.05) is 11.8 Å². The Balaban J connectivity index is 2.07. The maximum Gasteiger partial charge on any atom is 0.417 e. The molecule has 2 heterocycles. The van der Waals surface area contributed by atoms with Gasteiger partial charge in [-0.3, -0.25) is 4.79 Å². The molecule has 0 atom stereocenters. The van der Waals surface area contributed by atoms with Crippen molar-refractivity contribution in [2.45, 2.75) is 41.3 Å². The van der Waals surface area contributed by atoms with Gasteiger partial charge in [-0.05, 0) is 54.4 Å². The van der Waals surface area contributed by atoms with Crippen LogP contribution in [0.4, 0.5) is 13.2 Å². The molecule has 0 unspecified atom stereocenters. The zero-order valence-corrected chi connectivity index (χ0v) is 18.6. The normalized spacial score (nSPS) is 12.3. The van der Waals surface area contributed by atoms with Crippen molar-refractivity contribution in [1.29, 1.82) is 0 Å². The number of halogens is 3. The molecule has 0 saturated carbocycles. The highest BCUT2D eigenvalue weighted by Gasteiger charge is 2.31. The number of pyridine rings is 1. The van der Waals surface area contributed by atoms with E-state index >= 15 is 0 Å². The van der Waals surface area contributed by atoms with E-state index in [4.69, 9.17) is 4.74 Å². The summed E-state index contributed by atoms with van der Waals surface area (Å²) in [6.45, 7) is 3.21. The van der Waals surface area contributed by atoms with Gasteiger partial charge in [-0.25, -0.2) is 8.42 Å². The summed E-state index contributed by atoms with van der Waals surface area (Å²) in [5, 5.41) is 0.575. The lowest BCUT2D eigenvalue weighted by molar-refractivity contribution is -0.141. The summed E-state index contributed by atoms with van der Waals surface area (Å²) in [6, 6.07) is 8.60. The van der Waals surface area contributed by atoms with Crippen molar-refractivity contribution in [3.63, 3.8) is 0 Å². The van der Waals surface area contributed by atoms with Gasteiger partial charge in [-0.15, -0.1) is 0 Å². The maximum absolute atomic E-state index is 13.3. The van der Waals surface area contributed by atoms with Crippen LogP contribution in [-0.2, 0) is 32.0 Å². The third-order valence-electron chi connectivity index (χ3n) is 4.70. The number of carbonyl (C=O) groups excluding carboxylic acids is 1. The molecule has 0 radical (unpaired) electrons. The first-order chi connectivity index (χ1) is 14.4. The van der Waals surface area contributed by atoms with E-state index in [1.54, 1.807) is 19.1 Å². The molecule has 3 aromatic rings. The van der Waals surface area contributed by atoms with E-state index < -0.39 is 27.5 Å². The molecule has 0 aliphatic heterocycles. The molecule has 0 bridgehead atoms. The maximum atomic E-state index is 13.3. The predicted octanol–water partition coefficient (Wildman–Crippen LogP) is 4.93. The van der Waals surface area contributed by atoms with E-state index in [2.05, 4.69) is 0 Å². The average Bonchev–Trinajstić information content (AvgIpc) is 2.92. The zero-order chi connectivity index (χ0) is 23.0. The van der Waals surface area contributed by atoms with E-state index in [-0.39, 0.29) is 11.5 Å². The Bertz CT molecular complexity index is 1230. The topological polar surface area (TPSA) is 64.9 Å². The highest BCUT2D eigenvalue weighted by atomic mass is 32.2. The first-order valence-corrected chi connectivity index (χ1v) is 11.9. The number of benzene rings is 1. The van der Waals surface area contributed by atoms with E-state index in [1.165, 1.54) is 41.3 Å². The average molecular weight is 472 g/mol. The highest BCUT2D eigenvalue weighted by Crippen LogP contribution is 2.38. The van der Waals surface area contributed by atoms with Gasteiger partial charge < -0.3 is 9.14 Å². The third-order valence-corrected chi connectivity index (χ3v) is 7.03. The quantitative estimate of drug-likeness (QED) is 0.477. The van der Waals surface area contributed by atoms with Crippen LogP contribution in [0.2, 0.25) is 0 Å². The molecule has 0 aliphatic rings. The second kappa shape index (κ2) is 8.58. The molecular weight excluding hydrogens is 451 g/mol. The minimum absolute atomic E-state index is 0.115. The molecule has 0 N–H and O–H groups in total. The summed E-state index contributed by atoms with van der Waals surface area (Å²) in [5.41, 5.74) is 1.36. The molecular formula is C21H20F3NO4S2. The first-order valence-electron chi connectivity index (χ1n) is 9.20. The van der Waals surface area contributed by atoms with Crippen molar-refractivity contribution < 1.29 is 31.1 Å². The summed E-state index contributed by atoms with van der Waals surface area (Å²) in [6.07, 6.45) is -1.99. The molecule has 0 amide bonds. The monoisotopic (exact) mass is 471 g/mol. The van der Waals surface area contributed by atoms with Crippen LogP contribution in [0.25, 0.3) is 5.52 Å². The van der Waals surface area contributed by atoms with Gasteiger partial charge in [0.15, 0.2) is 9.84 Å². The van der Waals surface area contributed by atoms with Crippen molar-refractivity contribution in [3.05, 3.63) is 59.3 Å². The number of rotatable bonds is 6. The molecule has 0 aliphatic carbocycles. The van der Waals surface area contributed by atoms with Crippen LogP contribution >= 0.6 is 11.8 Å². The Hall–Kier alpha value is -2.46. The molecule has 0 saturated heterocycles. The van der Waals surface area contributed by atoms with Crippen LogP contribution in [0, 0.1) is 6.92 Å². The fourth-order valence-corrected chi connectivity index (χ4v) is 4.84. The number of alkyl halides is 3. The smallest absolute Gasteiger partial charge is 0.417 e. The molecule has 166 valence electrons. The Morgan fingerprint density at radius 1 is 1.13 bits per heavy atom. The predicted molar refractivity (Wildman–Crippen MR) is 111 cm³/mol. The van der Waals surface area contributed by atoms with Crippen LogP contribution < -0.4 is 0 Å². The van der Waals surface area contributed by atoms with Crippen LogP contribution in [0.15, 0.2) is 57.4 Å². The highest BCUT2D eigenvalue weighted by molar-refractivity contribution is 7.99. The molecule has 31 heavy (non-hydrogen) atoms. The molecule has 3 rings (SSSR count). The number of hydrogen-bond acceptors (Lipinski definition) is 5. The number of fused-ring (bicyclic) bond motifs is 1. The minimum Gasteiger partial charge on any atom is -0.466 e.